The summed E-state index contributed by atoms with van der Waals surface area (Å²) >= 11 is 5.69. The van der Waals surface area contributed by atoms with Gasteiger partial charge in [0.1, 0.15) is 0 Å². The minimum Gasteiger partial charge on any atom is -0.468 e. The molecule has 0 bridgehead atoms. The monoisotopic (exact) mass is 184 g/mol. The third-order valence-electron chi connectivity index (χ3n) is 1.49. The van der Waals surface area contributed by atoms with E-state index in [4.69, 9.17) is 11.6 Å². The average molecular weight is 185 g/mol. The van der Waals surface area contributed by atoms with Crippen LogP contribution in [0.5, 0.6) is 0 Å². The minimum absolute atomic E-state index is 0.422. The zero-order valence-electron chi connectivity index (χ0n) is 6.50. The van der Waals surface area contributed by atoms with Gasteiger partial charge in [-0.15, -0.1) is 0 Å². The summed E-state index contributed by atoms with van der Waals surface area (Å²) in [6, 6.07) is 7.46. The molecule has 0 heterocycles. The van der Waals surface area contributed by atoms with Crippen LogP contribution < -0.4 is 0 Å². The lowest BCUT2D eigenvalue weighted by Gasteiger charge is -1.99. The van der Waals surface area contributed by atoms with Crippen LogP contribution in [-0.4, -0.2) is 13.1 Å². The summed E-state index contributed by atoms with van der Waals surface area (Å²) in [4.78, 5) is 9.81. The van der Waals surface area contributed by atoms with Crippen LogP contribution in [0.2, 0.25) is 5.02 Å². The third-order valence-corrected chi connectivity index (χ3v) is 1.74. The molecule has 0 aliphatic carbocycles. The van der Waals surface area contributed by atoms with Crippen LogP contribution in [0, 0.1) is 0 Å². The number of rotatable bonds is 4. The minimum atomic E-state index is 0.422. The van der Waals surface area contributed by atoms with Crippen LogP contribution in [0.25, 0.3) is 0 Å². The van der Waals surface area contributed by atoms with Gasteiger partial charge >= 0.3 is 0 Å². The molecule has 0 amide bonds. The Kier molecular flexibility index (Phi) is 3.61. The second-order valence-electron chi connectivity index (χ2n) is 2.34. The first-order valence-corrected chi connectivity index (χ1v) is 4.00. The Morgan fingerprint density at radius 3 is 2.58 bits per heavy atom. The van der Waals surface area contributed by atoms with Crippen molar-refractivity contribution in [3.8, 4) is 0 Å². The van der Waals surface area contributed by atoms with Crippen molar-refractivity contribution in [1.82, 2.24) is 0 Å². The number of carbonyl (C=O) groups excluding carboxylic acids is 1. The molecule has 1 rings (SSSR count). The summed E-state index contributed by atoms with van der Waals surface area (Å²) < 4.78 is 4.55. The molecule has 12 heavy (non-hydrogen) atoms. The van der Waals surface area contributed by atoms with Gasteiger partial charge in [0.05, 0.1) is 6.61 Å². The summed E-state index contributed by atoms with van der Waals surface area (Å²) in [6.45, 7) is 0.876. The molecule has 0 aliphatic rings. The molecule has 0 unspecified atom stereocenters. The molecule has 0 fully saturated rings. The number of hydrogen-bond donors (Lipinski definition) is 0. The van der Waals surface area contributed by atoms with Gasteiger partial charge in [-0.05, 0) is 17.7 Å². The summed E-state index contributed by atoms with van der Waals surface area (Å²) in [7, 11) is 0. The molecular formula is C9H9ClO2. The Hall–Kier alpha value is -1.02. The van der Waals surface area contributed by atoms with Crippen LogP contribution >= 0.6 is 11.6 Å². The second kappa shape index (κ2) is 4.78. The van der Waals surface area contributed by atoms with Gasteiger partial charge in [0.25, 0.3) is 6.47 Å². The molecule has 0 saturated heterocycles. The fraction of sp³-hybridized carbons (Fsp3) is 0.222. The molecule has 0 radical (unpaired) electrons. The predicted octanol–water partition coefficient (Wildman–Crippen LogP) is 2.06. The van der Waals surface area contributed by atoms with E-state index in [1.165, 1.54) is 0 Å². The van der Waals surface area contributed by atoms with Crippen molar-refractivity contribution in [2.45, 2.75) is 6.42 Å². The molecule has 0 N–H and O–H groups in total. The topological polar surface area (TPSA) is 26.3 Å². The Morgan fingerprint density at radius 1 is 1.33 bits per heavy atom. The van der Waals surface area contributed by atoms with E-state index in [0.29, 0.717) is 13.1 Å². The van der Waals surface area contributed by atoms with Crippen LogP contribution in [0.1, 0.15) is 5.56 Å². The van der Waals surface area contributed by atoms with Crippen molar-refractivity contribution in [1.29, 1.82) is 0 Å². The SMILES string of the molecule is O=COCCc1ccc(Cl)cc1. The quantitative estimate of drug-likeness (QED) is 0.529. The lowest BCUT2D eigenvalue weighted by molar-refractivity contribution is -0.128. The third kappa shape index (κ3) is 2.93. The van der Waals surface area contributed by atoms with Crippen LogP contribution in [0.4, 0.5) is 0 Å². The highest BCUT2D eigenvalue weighted by atomic mass is 35.5. The molecule has 0 aromatic heterocycles. The molecule has 0 atom stereocenters. The average Bonchev–Trinajstić information content (AvgIpc) is 2.09. The maximum absolute atomic E-state index is 9.81. The first-order chi connectivity index (χ1) is 5.83. The van der Waals surface area contributed by atoms with Crippen molar-refractivity contribution in [2.75, 3.05) is 6.61 Å². The van der Waals surface area contributed by atoms with Gasteiger partial charge in [0.2, 0.25) is 0 Å². The molecule has 2 nitrogen and oxygen atoms in total. The summed E-state index contributed by atoms with van der Waals surface area (Å²) in [5, 5.41) is 0.718. The highest BCUT2D eigenvalue weighted by Crippen LogP contribution is 2.09. The standard InChI is InChI=1S/C9H9ClO2/c10-9-3-1-8(2-4-9)5-6-12-7-11/h1-4,7H,5-6H2. The Labute approximate surface area is 76.1 Å². The summed E-state index contributed by atoms with van der Waals surface area (Å²) in [5.41, 5.74) is 1.11. The summed E-state index contributed by atoms with van der Waals surface area (Å²) in [6.07, 6.45) is 0.732. The van der Waals surface area contributed by atoms with Crippen molar-refractivity contribution in [2.24, 2.45) is 0 Å². The molecule has 1 aromatic carbocycles. The van der Waals surface area contributed by atoms with E-state index in [1.54, 1.807) is 0 Å². The molecule has 0 aliphatic heterocycles. The van der Waals surface area contributed by atoms with E-state index in [0.717, 1.165) is 17.0 Å². The van der Waals surface area contributed by atoms with E-state index < -0.39 is 0 Å². The number of benzene rings is 1. The molecule has 64 valence electrons. The van der Waals surface area contributed by atoms with Crippen molar-refractivity contribution in [3.63, 3.8) is 0 Å². The molecule has 1 aromatic rings. The molecular weight excluding hydrogens is 176 g/mol. The predicted molar refractivity (Wildman–Crippen MR) is 47.2 cm³/mol. The van der Waals surface area contributed by atoms with Crippen molar-refractivity contribution < 1.29 is 9.53 Å². The maximum Gasteiger partial charge on any atom is 0.293 e. The lowest BCUT2D eigenvalue weighted by atomic mass is 10.2. The molecule has 3 heteroatoms. The van der Waals surface area contributed by atoms with Gasteiger partial charge in [-0.3, -0.25) is 4.79 Å². The first-order valence-electron chi connectivity index (χ1n) is 3.62. The largest absolute Gasteiger partial charge is 0.468 e. The zero-order chi connectivity index (χ0) is 8.81. The fourth-order valence-corrected chi connectivity index (χ4v) is 1.00. The fourth-order valence-electron chi connectivity index (χ4n) is 0.876. The highest BCUT2D eigenvalue weighted by molar-refractivity contribution is 6.30. The van der Waals surface area contributed by atoms with Crippen LogP contribution in [0.3, 0.4) is 0 Å². The maximum atomic E-state index is 9.81. The van der Waals surface area contributed by atoms with Gasteiger partial charge < -0.3 is 4.74 Å². The van der Waals surface area contributed by atoms with Crippen molar-refractivity contribution in [3.05, 3.63) is 34.9 Å². The highest BCUT2D eigenvalue weighted by Gasteiger charge is 1.92. The molecule has 0 spiro atoms. The van der Waals surface area contributed by atoms with E-state index in [2.05, 4.69) is 4.74 Å². The Bertz CT molecular complexity index is 243. The zero-order valence-corrected chi connectivity index (χ0v) is 7.25. The van der Waals surface area contributed by atoms with Gasteiger partial charge in [0, 0.05) is 11.4 Å². The second-order valence-corrected chi connectivity index (χ2v) is 2.78. The van der Waals surface area contributed by atoms with E-state index in [-0.39, 0.29) is 0 Å². The van der Waals surface area contributed by atoms with E-state index in [1.807, 2.05) is 24.3 Å². The smallest absolute Gasteiger partial charge is 0.293 e. The van der Waals surface area contributed by atoms with Crippen molar-refractivity contribution >= 4 is 18.1 Å². The number of halogens is 1. The molecule has 0 saturated carbocycles. The van der Waals surface area contributed by atoms with Gasteiger partial charge in [-0.2, -0.15) is 0 Å². The number of hydrogen-bond acceptors (Lipinski definition) is 2. The lowest BCUT2D eigenvalue weighted by Crippen LogP contribution is -1.95. The number of carbonyl (C=O) groups is 1. The Morgan fingerprint density at radius 2 is 2.00 bits per heavy atom. The first kappa shape index (κ1) is 9.07. The van der Waals surface area contributed by atoms with Crippen LogP contribution in [-0.2, 0) is 16.0 Å². The van der Waals surface area contributed by atoms with E-state index in [9.17, 15) is 4.79 Å². The Balaban J connectivity index is 2.42. The van der Waals surface area contributed by atoms with Gasteiger partial charge in [-0.25, -0.2) is 0 Å². The van der Waals surface area contributed by atoms with Crippen LogP contribution in [0.15, 0.2) is 24.3 Å². The normalized spacial score (nSPS) is 9.42. The van der Waals surface area contributed by atoms with Gasteiger partial charge in [0.15, 0.2) is 0 Å². The number of ether oxygens (including phenoxy) is 1. The van der Waals surface area contributed by atoms with Gasteiger partial charge in [-0.1, -0.05) is 23.7 Å². The summed E-state index contributed by atoms with van der Waals surface area (Å²) in [5.74, 6) is 0. The van der Waals surface area contributed by atoms with E-state index >= 15 is 0 Å².